The fourth-order valence-electron chi connectivity index (χ4n) is 5.91. The Labute approximate surface area is 218 Å². The monoisotopic (exact) mass is 504 g/mol. The van der Waals surface area contributed by atoms with Crippen LogP contribution in [0.1, 0.15) is 48.0 Å². The van der Waals surface area contributed by atoms with Gasteiger partial charge in [0.1, 0.15) is 11.8 Å². The first-order chi connectivity index (χ1) is 18.0. The lowest BCUT2D eigenvalue weighted by Gasteiger charge is -2.48. The fourth-order valence-corrected chi connectivity index (χ4v) is 5.91. The Hall–Kier alpha value is -3.39. The van der Waals surface area contributed by atoms with Crippen molar-refractivity contribution in [3.05, 3.63) is 65.7 Å². The molecule has 0 bridgehead atoms. The van der Waals surface area contributed by atoms with Gasteiger partial charge in [0.2, 0.25) is 11.8 Å². The molecule has 196 valence electrons. The van der Waals surface area contributed by atoms with Crippen LogP contribution in [0.4, 0.5) is 0 Å². The van der Waals surface area contributed by atoms with Crippen LogP contribution in [0.5, 0.6) is 5.75 Å². The Bertz CT molecular complexity index is 1100. The zero-order valence-corrected chi connectivity index (χ0v) is 21.5. The number of carbonyl (C=O) groups is 3. The van der Waals surface area contributed by atoms with Gasteiger partial charge < -0.3 is 19.9 Å². The minimum Gasteiger partial charge on any atom is -0.497 e. The lowest BCUT2D eigenvalue weighted by atomic mass is 9.84. The largest absolute Gasteiger partial charge is 0.497 e. The van der Waals surface area contributed by atoms with E-state index in [0.717, 1.165) is 45.3 Å². The van der Waals surface area contributed by atoms with Crippen LogP contribution < -0.4 is 10.1 Å². The van der Waals surface area contributed by atoms with Crippen LogP contribution in [0.3, 0.4) is 0 Å². The Kier molecular flexibility index (Phi) is 7.74. The van der Waals surface area contributed by atoms with Gasteiger partial charge in [0.05, 0.1) is 19.6 Å². The quantitative estimate of drug-likeness (QED) is 0.654. The molecule has 8 nitrogen and oxygen atoms in total. The van der Waals surface area contributed by atoms with Crippen LogP contribution in [0.2, 0.25) is 0 Å². The van der Waals surface area contributed by atoms with Gasteiger partial charge in [-0.25, -0.2) is 0 Å². The van der Waals surface area contributed by atoms with Crippen molar-refractivity contribution < 1.29 is 19.1 Å². The van der Waals surface area contributed by atoms with Gasteiger partial charge in [0.15, 0.2) is 0 Å². The van der Waals surface area contributed by atoms with E-state index in [-0.39, 0.29) is 36.2 Å². The molecule has 1 N–H and O–H groups in total. The fraction of sp³-hybridized carbons (Fsp3) is 0.483. The van der Waals surface area contributed by atoms with Crippen LogP contribution in [-0.2, 0) is 16.1 Å². The van der Waals surface area contributed by atoms with Gasteiger partial charge in [0.25, 0.3) is 5.91 Å². The van der Waals surface area contributed by atoms with Crippen LogP contribution in [-0.4, -0.2) is 83.8 Å². The second-order valence-electron chi connectivity index (χ2n) is 10.3. The van der Waals surface area contributed by atoms with E-state index in [9.17, 15) is 14.4 Å². The maximum Gasteiger partial charge on any atom is 0.254 e. The summed E-state index contributed by atoms with van der Waals surface area (Å²) < 4.78 is 5.24. The van der Waals surface area contributed by atoms with Gasteiger partial charge >= 0.3 is 0 Å². The highest BCUT2D eigenvalue weighted by Crippen LogP contribution is 2.31. The molecule has 1 aliphatic carbocycles. The van der Waals surface area contributed by atoms with Crippen molar-refractivity contribution in [2.75, 3.05) is 33.3 Å². The molecule has 2 aromatic carbocycles. The van der Waals surface area contributed by atoms with Crippen molar-refractivity contribution in [3.63, 3.8) is 0 Å². The maximum absolute atomic E-state index is 13.8. The Morgan fingerprint density at radius 3 is 2.35 bits per heavy atom. The zero-order valence-electron chi connectivity index (χ0n) is 21.5. The number of hydrogen-bond donors (Lipinski definition) is 1. The predicted octanol–water partition coefficient (Wildman–Crippen LogP) is 2.68. The van der Waals surface area contributed by atoms with E-state index in [1.807, 2.05) is 23.1 Å². The summed E-state index contributed by atoms with van der Waals surface area (Å²) in [5.74, 6) is 0.184. The predicted molar refractivity (Wildman–Crippen MR) is 140 cm³/mol. The number of carbonyl (C=O) groups excluding carboxylic acids is 3. The number of rotatable bonds is 6. The number of fused-ring (bicyclic) bond motifs is 1. The summed E-state index contributed by atoms with van der Waals surface area (Å²) in [6.45, 7) is 3.69. The third-order valence-corrected chi connectivity index (χ3v) is 7.97. The van der Waals surface area contributed by atoms with Gasteiger partial charge in [-0.05, 0) is 42.7 Å². The van der Waals surface area contributed by atoms with Crippen molar-refractivity contribution in [3.8, 4) is 5.75 Å². The first kappa shape index (κ1) is 25.3. The van der Waals surface area contributed by atoms with E-state index in [4.69, 9.17) is 4.74 Å². The summed E-state index contributed by atoms with van der Waals surface area (Å²) in [5.41, 5.74) is 1.77. The summed E-state index contributed by atoms with van der Waals surface area (Å²) in [4.78, 5) is 46.3. The number of amides is 3. The van der Waals surface area contributed by atoms with E-state index in [1.54, 1.807) is 36.3 Å². The summed E-state index contributed by atoms with van der Waals surface area (Å²) in [6.07, 6.45) is 3.73. The van der Waals surface area contributed by atoms with E-state index in [2.05, 4.69) is 22.3 Å². The second-order valence-corrected chi connectivity index (χ2v) is 10.3. The van der Waals surface area contributed by atoms with Crippen molar-refractivity contribution in [2.24, 2.45) is 0 Å². The van der Waals surface area contributed by atoms with Crippen LogP contribution in [0, 0.1) is 0 Å². The SMILES string of the molecule is COc1ccc(C(=O)N2[C@H](CC(=O)N3CCN(Cc4ccccc4)CC3)C(=O)N[C@@H]3CCCC[C@@H]32)cc1. The van der Waals surface area contributed by atoms with E-state index < -0.39 is 6.04 Å². The number of nitrogens with one attached hydrogen (secondary N) is 1. The molecule has 0 spiro atoms. The van der Waals surface area contributed by atoms with Crippen molar-refractivity contribution in [1.29, 1.82) is 0 Å². The summed E-state index contributed by atoms with van der Waals surface area (Å²) in [5, 5.41) is 3.13. The van der Waals surface area contributed by atoms with Gasteiger partial charge in [0, 0.05) is 44.3 Å². The number of nitrogens with zero attached hydrogens (tertiary/aromatic N) is 3. The van der Waals surface area contributed by atoms with Gasteiger partial charge in [-0.3, -0.25) is 19.3 Å². The summed E-state index contributed by atoms with van der Waals surface area (Å²) in [6, 6.07) is 16.3. The first-order valence-electron chi connectivity index (χ1n) is 13.3. The molecule has 8 heteroatoms. The van der Waals surface area contributed by atoms with Crippen LogP contribution >= 0.6 is 0 Å². The minimum atomic E-state index is -0.802. The molecule has 2 saturated heterocycles. The molecule has 2 aromatic rings. The normalized spacial score (nSPS) is 24.2. The topological polar surface area (TPSA) is 82.2 Å². The van der Waals surface area contributed by atoms with Crippen molar-refractivity contribution in [1.82, 2.24) is 20.0 Å². The van der Waals surface area contributed by atoms with E-state index in [1.165, 1.54) is 5.56 Å². The standard InChI is InChI=1S/C29H36N4O4/c1-37-23-13-11-22(12-14-23)29(36)33-25-10-6-5-9-24(25)30-28(35)26(33)19-27(34)32-17-15-31(16-18-32)20-21-7-3-2-4-8-21/h2-4,7-8,11-14,24-26H,5-6,9-10,15-20H2,1H3,(H,30,35)/t24-,25+,26-/m1/s1. The highest BCUT2D eigenvalue weighted by atomic mass is 16.5. The third-order valence-electron chi connectivity index (χ3n) is 7.97. The molecule has 3 amide bonds. The highest BCUT2D eigenvalue weighted by Gasteiger charge is 2.46. The van der Waals surface area contributed by atoms with Crippen LogP contribution in [0.15, 0.2) is 54.6 Å². The second kappa shape index (κ2) is 11.3. The molecule has 2 heterocycles. The molecule has 5 rings (SSSR count). The van der Waals surface area contributed by atoms with Gasteiger partial charge in [-0.2, -0.15) is 0 Å². The van der Waals surface area contributed by atoms with Crippen molar-refractivity contribution in [2.45, 2.75) is 56.8 Å². The minimum absolute atomic E-state index is 0.00956. The lowest BCUT2D eigenvalue weighted by molar-refractivity contribution is -0.141. The number of piperazine rings is 2. The summed E-state index contributed by atoms with van der Waals surface area (Å²) in [7, 11) is 1.58. The number of benzene rings is 2. The number of hydrogen-bond acceptors (Lipinski definition) is 5. The molecular formula is C29H36N4O4. The molecule has 3 atom stereocenters. The lowest BCUT2D eigenvalue weighted by Crippen LogP contribution is -2.68. The molecule has 2 aliphatic heterocycles. The Morgan fingerprint density at radius 1 is 0.946 bits per heavy atom. The Balaban J connectivity index is 1.28. The zero-order chi connectivity index (χ0) is 25.8. The molecule has 0 radical (unpaired) electrons. The molecule has 3 aliphatic rings. The van der Waals surface area contributed by atoms with E-state index >= 15 is 0 Å². The first-order valence-corrected chi connectivity index (χ1v) is 13.3. The summed E-state index contributed by atoms with van der Waals surface area (Å²) >= 11 is 0. The van der Waals surface area contributed by atoms with Crippen LogP contribution in [0.25, 0.3) is 0 Å². The molecule has 0 aromatic heterocycles. The number of ether oxygens (including phenoxy) is 1. The van der Waals surface area contributed by atoms with Gasteiger partial charge in [-0.1, -0.05) is 43.2 Å². The maximum atomic E-state index is 13.8. The molecule has 37 heavy (non-hydrogen) atoms. The molecular weight excluding hydrogens is 468 g/mol. The average Bonchev–Trinajstić information content (AvgIpc) is 2.94. The highest BCUT2D eigenvalue weighted by molar-refractivity contribution is 6.00. The third kappa shape index (κ3) is 5.64. The smallest absolute Gasteiger partial charge is 0.254 e. The van der Waals surface area contributed by atoms with E-state index in [0.29, 0.717) is 24.4 Å². The Morgan fingerprint density at radius 2 is 1.65 bits per heavy atom. The molecule has 3 fully saturated rings. The average molecular weight is 505 g/mol. The van der Waals surface area contributed by atoms with Gasteiger partial charge in [-0.15, -0.1) is 0 Å². The number of methoxy groups -OCH3 is 1. The molecule has 1 saturated carbocycles. The van der Waals surface area contributed by atoms with Crippen molar-refractivity contribution >= 4 is 17.7 Å². The molecule has 0 unspecified atom stereocenters.